The van der Waals surface area contributed by atoms with Crippen LogP contribution in [0.2, 0.25) is 0 Å². The quantitative estimate of drug-likeness (QED) is 0.651. The van der Waals surface area contributed by atoms with Crippen LogP contribution >= 0.6 is 27.5 Å². The number of halogens is 1. The van der Waals surface area contributed by atoms with Crippen molar-refractivity contribution < 1.29 is 0 Å². The molecule has 0 aliphatic carbocycles. The maximum Gasteiger partial charge on any atom is 0.128 e. The zero-order valence-corrected chi connectivity index (χ0v) is 8.11. The summed E-state index contributed by atoms with van der Waals surface area (Å²) >= 11 is 4.75. The van der Waals surface area contributed by atoms with Gasteiger partial charge in [-0.1, -0.05) is 0 Å². The van der Waals surface area contributed by atoms with E-state index in [9.17, 15) is 0 Å². The Hall–Kier alpha value is -0.550. The van der Waals surface area contributed by atoms with E-state index in [0.29, 0.717) is 0 Å². The molecule has 2 heterocycles. The first-order valence-corrected chi connectivity index (χ1v) is 4.58. The average molecular weight is 230 g/mol. The molecule has 0 saturated heterocycles. The van der Waals surface area contributed by atoms with Gasteiger partial charge in [0.15, 0.2) is 0 Å². The van der Waals surface area contributed by atoms with E-state index in [1.165, 1.54) is 17.9 Å². The summed E-state index contributed by atoms with van der Waals surface area (Å²) in [6, 6.07) is 0. The summed E-state index contributed by atoms with van der Waals surface area (Å²) < 4.78 is 6.01. The van der Waals surface area contributed by atoms with E-state index < -0.39 is 0 Å². The normalized spacial score (nSPS) is 10.7. The number of rotatable bonds is 0. The Bertz CT molecular complexity index is 398. The first-order valence-electron chi connectivity index (χ1n) is 3.01. The third kappa shape index (κ3) is 1.04. The second-order valence-electron chi connectivity index (χ2n) is 2.11. The highest BCUT2D eigenvalue weighted by molar-refractivity contribution is 9.10. The van der Waals surface area contributed by atoms with Crippen molar-refractivity contribution in [1.82, 2.24) is 14.3 Å². The van der Waals surface area contributed by atoms with Crippen LogP contribution in [0.15, 0.2) is 10.9 Å². The highest BCUT2D eigenvalue weighted by atomic mass is 79.9. The molecule has 2 aromatic rings. The van der Waals surface area contributed by atoms with Crippen molar-refractivity contribution >= 4 is 37.7 Å². The van der Waals surface area contributed by atoms with Crippen LogP contribution in [0.5, 0.6) is 0 Å². The largest absolute Gasteiger partial charge is 0.233 e. The molecule has 0 unspecified atom stereocenters. The van der Waals surface area contributed by atoms with Crippen molar-refractivity contribution in [3.63, 3.8) is 0 Å². The maximum absolute atomic E-state index is 4.17. The predicted molar refractivity (Wildman–Crippen MR) is 47.6 cm³/mol. The molecular formula is C6H4BrN3S. The fourth-order valence-electron chi connectivity index (χ4n) is 0.848. The van der Waals surface area contributed by atoms with Crippen molar-refractivity contribution in [2.45, 2.75) is 6.92 Å². The minimum absolute atomic E-state index is 0.827. The highest BCUT2D eigenvalue weighted by Gasteiger charge is 2.05. The van der Waals surface area contributed by atoms with Gasteiger partial charge in [-0.2, -0.15) is 4.37 Å². The van der Waals surface area contributed by atoms with E-state index in [1.54, 1.807) is 0 Å². The second-order valence-corrected chi connectivity index (χ2v) is 3.63. The summed E-state index contributed by atoms with van der Waals surface area (Å²) in [6.07, 6.45) is 1.54. The number of aryl methyl sites for hydroxylation is 1. The summed E-state index contributed by atoms with van der Waals surface area (Å²) in [5.41, 5.74) is 1.91. The lowest BCUT2D eigenvalue weighted by Gasteiger charge is -1.88. The summed E-state index contributed by atoms with van der Waals surface area (Å²) in [6.45, 7) is 1.94. The molecule has 0 bridgehead atoms. The van der Waals surface area contributed by atoms with Crippen LogP contribution in [-0.2, 0) is 0 Å². The fraction of sp³-hybridized carbons (Fsp3) is 0.167. The zero-order chi connectivity index (χ0) is 7.84. The van der Waals surface area contributed by atoms with E-state index >= 15 is 0 Å². The average Bonchev–Trinajstić information content (AvgIpc) is 2.35. The Morgan fingerprint density at radius 2 is 2.27 bits per heavy atom. The Balaban J connectivity index is 2.94. The number of hydrogen-bond donors (Lipinski definition) is 0. The molecule has 0 aliphatic rings. The number of nitrogens with zero attached hydrogens (tertiary/aromatic N) is 3. The molecule has 0 aromatic carbocycles. The summed E-state index contributed by atoms with van der Waals surface area (Å²) in [5.74, 6) is 0. The molecule has 5 heteroatoms. The standard InChI is InChI=1S/C6H4BrN3S/c1-3-4-5(11-10-3)6(7)9-2-8-4/h2H,1H3. The summed E-state index contributed by atoms with van der Waals surface area (Å²) in [7, 11) is 0. The molecule has 0 radical (unpaired) electrons. The first-order chi connectivity index (χ1) is 5.29. The van der Waals surface area contributed by atoms with Gasteiger partial charge in [-0.05, 0) is 34.4 Å². The van der Waals surface area contributed by atoms with Gasteiger partial charge < -0.3 is 0 Å². The Morgan fingerprint density at radius 1 is 1.45 bits per heavy atom. The van der Waals surface area contributed by atoms with Crippen LogP contribution in [0.4, 0.5) is 0 Å². The molecular weight excluding hydrogens is 226 g/mol. The van der Waals surface area contributed by atoms with Crippen LogP contribution in [-0.4, -0.2) is 14.3 Å². The van der Waals surface area contributed by atoms with Gasteiger partial charge in [0.2, 0.25) is 0 Å². The van der Waals surface area contributed by atoms with Gasteiger partial charge in [0.25, 0.3) is 0 Å². The van der Waals surface area contributed by atoms with E-state index in [4.69, 9.17) is 0 Å². The molecule has 0 aliphatic heterocycles. The number of fused-ring (bicyclic) bond motifs is 1. The van der Waals surface area contributed by atoms with Crippen molar-refractivity contribution in [2.24, 2.45) is 0 Å². The third-order valence-electron chi connectivity index (χ3n) is 1.38. The van der Waals surface area contributed by atoms with Crippen molar-refractivity contribution in [3.8, 4) is 0 Å². The SMILES string of the molecule is Cc1nsc2c(Br)ncnc12. The van der Waals surface area contributed by atoms with Crippen LogP contribution < -0.4 is 0 Å². The lowest BCUT2D eigenvalue weighted by molar-refractivity contribution is 1.19. The lowest BCUT2D eigenvalue weighted by Crippen LogP contribution is -1.80. The zero-order valence-electron chi connectivity index (χ0n) is 5.71. The van der Waals surface area contributed by atoms with Gasteiger partial charge >= 0.3 is 0 Å². The van der Waals surface area contributed by atoms with Crippen molar-refractivity contribution in [2.75, 3.05) is 0 Å². The smallest absolute Gasteiger partial charge is 0.128 e. The van der Waals surface area contributed by atoms with E-state index in [2.05, 4.69) is 30.3 Å². The van der Waals surface area contributed by atoms with Gasteiger partial charge in [-0.25, -0.2) is 9.97 Å². The molecule has 0 spiro atoms. The van der Waals surface area contributed by atoms with Gasteiger partial charge in [0.1, 0.15) is 21.1 Å². The van der Waals surface area contributed by atoms with Gasteiger partial charge in [0.05, 0.1) is 5.69 Å². The molecule has 0 saturated carbocycles. The van der Waals surface area contributed by atoms with Crippen LogP contribution in [0.1, 0.15) is 5.69 Å². The Kier molecular flexibility index (Phi) is 1.61. The monoisotopic (exact) mass is 229 g/mol. The van der Waals surface area contributed by atoms with E-state index in [0.717, 1.165) is 20.5 Å². The lowest BCUT2D eigenvalue weighted by atomic mass is 10.4. The first kappa shape index (κ1) is 7.12. The molecule has 0 N–H and O–H groups in total. The van der Waals surface area contributed by atoms with Gasteiger partial charge in [-0.3, -0.25) is 0 Å². The predicted octanol–water partition coefficient (Wildman–Crippen LogP) is 2.16. The summed E-state index contributed by atoms with van der Waals surface area (Å²) in [5, 5.41) is 0. The minimum atomic E-state index is 0.827. The topological polar surface area (TPSA) is 38.7 Å². The van der Waals surface area contributed by atoms with E-state index in [-0.39, 0.29) is 0 Å². The summed E-state index contributed by atoms with van der Waals surface area (Å²) in [4.78, 5) is 8.10. The molecule has 3 nitrogen and oxygen atoms in total. The molecule has 0 amide bonds. The molecule has 0 fully saturated rings. The van der Waals surface area contributed by atoms with Crippen LogP contribution in [0, 0.1) is 6.92 Å². The Labute approximate surface area is 75.8 Å². The molecule has 0 atom stereocenters. The second kappa shape index (κ2) is 2.49. The number of aromatic nitrogens is 3. The van der Waals surface area contributed by atoms with Crippen LogP contribution in [0.3, 0.4) is 0 Å². The molecule has 56 valence electrons. The molecule has 11 heavy (non-hydrogen) atoms. The highest BCUT2D eigenvalue weighted by Crippen LogP contribution is 2.25. The minimum Gasteiger partial charge on any atom is -0.233 e. The van der Waals surface area contributed by atoms with Gasteiger partial charge in [-0.15, -0.1) is 0 Å². The number of hydrogen-bond acceptors (Lipinski definition) is 4. The maximum atomic E-state index is 4.17. The third-order valence-corrected chi connectivity index (χ3v) is 3.18. The molecule has 2 rings (SSSR count). The Morgan fingerprint density at radius 3 is 3.00 bits per heavy atom. The molecule has 2 aromatic heterocycles. The van der Waals surface area contributed by atoms with Crippen LogP contribution in [0.25, 0.3) is 10.2 Å². The van der Waals surface area contributed by atoms with Crippen molar-refractivity contribution in [1.29, 1.82) is 0 Å². The fourth-order valence-corrected chi connectivity index (χ4v) is 2.07. The van der Waals surface area contributed by atoms with Crippen molar-refractivity contribution in [3.05, 3.63) is 16.6 Å². The van der Waals surface area contributed by atoms with Gasteiger partial charge in [0, 0.05) is 0 Å². The van der Waals surface area contributed by atoms with E-state index in [1.807, 2.05) is 6.92 Å².